The molecule has 3 aromatic rings. The predicted octanol–water partition coefficient (Wildman–Crippen LogP) is 3.33. The van der Waals surface area contributed by atoms with Crippen LogP contribution in [0, 0.1) is 0 Å². The van der Waals surface area contributed by atoms with E-state index in [1.807, 2.05) is 12.1 Å². The van der Waals surface area contributed by atoms with Gasteiger partial charge in [-0.15, -0.1) is 0 Å². The number of nitrogens with zero attached hydrogens (tertiary/aromatic N) is 3. The van der Waals surface area contributed by atoms with E-state index in [-0.39, 0.29) is 12.5 Å². The zero-order valence-electron chi connectivity index (χ0n) is 14.8. The average Bonchev–Trinajstić information content (AvgIpc) is 3.15. The van der Waals surface area contributed by atoms with Gasteiger partial charge in [0, 0.05) is 16.7 Å². The van der Waals surface area contributed by atoms with E-state index in [4.69, 9.17) is 31.3 Å². The van der Waals surface area contributed by atoms with Gasteiger partial charge in [-0.05, 0) is 24.3 Å². The summed E-state index contributed by atoms with van der Waals surface area (Å²) in [5.41, 5.74) is 7.33. The molecule has 0 aliphatic rings. The third kappa shape index (κ3) is 4.68. The molecule has 1 heterocycles. The first-order valence-corrected chi connectivity index (χ1v) is 8.34. The highest BCUT2D eigenvalue weighted by molar-refractivity contribution is 6.30. The summed E-state index contributed by atoms with van der Waals surface area (Å²) in [6.45, 7) is 0.124. The summed E-state index contributed by atoms with van der Waals surface area (Å²) in [5.74, 6) is 2.20. The van der Waals surface area contributed by atoms with Gasteiger partial charge in [-0.1, -0.05) is 28.9 Å². The fourth-order valence-electron chi connectivity index (χ4n) is 2.31. The first kappa shape index (κ1) is 18.5. The van der Waals surface area contributed by atoms with Crippen LogP contribution in [0.1, 0.15) is 5.89 Å². The van der Waals surface area contributed by atoms with Crippen LogP contribution in [0.2, 0.25) is 5.02 Å². The molecular weight excluding hydrogens is 370 g/mol. The van der Waals surface area contributed by atoms with E-state index in [2.05, 4.69) is 20.4 Å². The summed E-state index contributed by atoms with van der Waals surface area (Å²) in [7, 11) is 3.15. The molecule has 0 spiro atoms. The van der Waals surface area contributed by atoms with Gasteiger partial charge >= 0.3 is 0 Å². The number of rotatable bonds is 6. The second-order valence-corrected chi connectivity index (χ2v) is 5.85. The first-order valence-electron chi connectivity index (χ1n) is 7.96. The van der Waals surface area contributed by atoms with Crippen molar-refractivity contribution in [3.63, 3.8) is 0 Å². The number of nitrogens with two attached hydrogens (primary N) is 1. The molecule has 0 atom stereocenters. The molecule has 1 aromatic heterocycles. The van der Waals surface area contributed by atoms with Crippen LogP contribution in [0.5, 0.6) is 11.5 Å². The molecule has 0 aliphatic heterocycles. The maximum atomic E-state index is 5.98. The molecule has 9 heteroatoms. The largest absolute Gasteiger partial charge is 0.497 e. The Morgan fingerprint density at radius 1 is 1.22 bits per heavy atom. The van der Waals surface area contributed by atoms with Gasteiger partial charge < -0.3 is 25.0 Å². The fraction of sp³-hybridized carbons (Fsp3) is 0.167. The van der Waals surface area contributed by atoms with Crippen molar-refractivity contribution in [2.75, 3.05) is 19.5 Å². The molecule has 0 unspecified atom stereocenters. The van der Waals surface area contributed by atoms with Gasteiger partial charge in [0.2, 0.25) is 11.7 Å². The fourth-order valence-corrected chi connectivity index (χ4v) is 2.50. The SMILES string of the molecule is COc1ccc(OC)c(NC(N)=NCc2nc(-c3cccc(Cl)c3)no2)c1. The number of halogens is 1. The quantitative estimate of drug-likeness (QED) is 0.493. The summed E-state index contributed by atoms with van der Waals surface area (Å²) < 4.78 is 15.7. The van der Waals surface area contributed by atoms with Crippen molar-refractivity contribution in [1.29, 1.82) is 0 Å². The minimum Gasteiger partial charge on any atom is -0.497 e. The third-order valence-electron chi connectivity index (χ3n) is 3.60. The zero-order chi connectivity index (χ0) is 19.2. The second-order valence-electron chi connectivity index (χ2n) is 5.41. The number of anilines is 1. The van der Waals surface area contributed by atoms with Crippen LogP contribution in [0.4, 0.5) is 5.69 Å². The summed E-state index contributed by atoms with van der Waals surface area (Å²) in [6.07, 6.45) is 0. The molecule has 0 saturated heterocycles. The third-order valence-corrected chi connectivity index (χ3v) is 3.84. The molecule has 8 nitrogen and oxygen atoms in total. The zero-order valence-corrected chi connectivity index (χ0v) is 15.5. The van der Waals surface area contributed by atoms with Gasteiger partial charge in [-0.2, -0.15) is 4.98 Å². The highest BCUT2D eigenvalue weighted by Crippen LogP contribution is 2.28. The molecule has 0 fully saturated rings. The van der Waals surface area contributed by atoms with Crippen LogP contribution < -0.4 is 20.5 Å². The number of aliphatic imine (C=N–C) groups is 1. The molecule has 0 aliphatic carbocycles. The Bertz CT molecular complexity index is 958. The van der Waals surface area contributed by atoms with Crippen LogP contribution in [0.3, 0.4) is 0 Å². The highest BCUT2D eigenvalue weighted by atomic mass is 35.5. The number of benzene rings is 2. The van der Waals surface area contributed by atoms with E-state index in [0.29, 0.717) is 33.9 Å². The second kappa shape index (κ2) is 8.41. The van der Waals surface area contributed by atoms with Crippen LogP contribution in [0.15, 0.2) is 52.0 Å². The predicted molar refractivity (Wildman–Crippen MR) is 103 cm³/mol. The first-order chi connectivity index (χ1) is 13.1. The lowest BCUT2D eigenvalue weighted by Gasteiger charge is -2.11. The molecule has 0 amide bonds. The van der Waals surface area contributed by atoms with Crippen molar-refractivity contribution < 1.29 is 14.0 Å². The van der Waals surface area contributed by atoms with Crippen molar-refractivity contribution in [2.45, 2.75) is 6.54 Å². The van der Waals surface area contributed by atoms with Gasteiger partial charge in [-0.3, -0.25) is 0 Å². The van der Waals surface area contributed by atoms with E-state index >= 15 is 0 Å². The Morgan fingerprint density at radius 2 is 2.07 bits per heavy atom. The number of ether oxygens (including phenoxy) is 2. The van der Waals surface area contributed by atoms with Crippen molar-refractivity contribution in [3.8, 4) is 22.9 Å². The van der Waals surface area contributed by atoms with E-state index < -0.39 is 0 Å². The molecule has 0 saturated carbocycles. The summed E-state index contributed by atoms with van der Waals surface area (Å²) >= 11 is 5.98. The Kier molecular flexibility index (Phi) is 5.77. The Morgan fingerprint density at radius 3 is 2.81 bits per heavy atom. The number of methoxy groups -OCH3 is 2. The highest BCUT2D eigenvalue weighted by Gasteiger charge is 2.10. The van der Waals surface area contributed by atoms with E-state index in [9.17, 15) is 0 Å². The minimum absolute atomic E-state index is 0.124. The number of aromatic nitrogens is 2. The maximum Gasteiger partial charge on any atom is 0.248 e. The smallest absolute Gasteiger partial charge is 0.248 e. The standard InChI is InChI=1S/C18H18ClN5O3/c1-25-13-6-7-15(26-2)14(9-13)22-18(20)21-10-16-23-17(24-27-16)11-4-3-5-12(19)8-11/h3-9H,10H2,1-2H3,(H3,20,21,22). The minimum atomic E-state index is 0.124. The van der Waals surface area contributed by atoms with Crippen molar-refractivity contribution in [3.05, 3.63) is 53.4 Å². The molecule has 140 valence electrons. The molecular formula is C18H18ClN5O3. The summed E-state index contributed by atoms with van der Waals surface area (Å²) in [5, 5.41) is 7.49. The number of hydrogen-bond donors (Lipinski definition) is 2. The molecule has 3 rings (SSSR count). The van der Waals surface area contributed by atoms with Gasteiger partial charge in [0.25, 0.3) is 0 Å². The van der Waals surface area contributed by atoms with Crippen molar-refractivity contribution in [1.82, 2.24) is 10.1 Å². The number of nitrogens with one attached hydrogen (secondary N) is 1. The summed E-state index contributed by atoms with van der Waals surface area (Å²) in [4.78, 5) is 8.50. The Labute approximate surface area is 161 Å². The molecule has 2 aromatic carbocycles. The number of hydrogen-bond acceptors (Lipinski definition) is 6. The lowest BCUT2D eigenvalue weighted by molar-refractivity contribution is 0.381. The van der Waals surface area contributed by atoms with Gasteiger partial charge in [0.05, 0.1) is 19.9 Å². The number of guanidine groups is 1. The lowest BCUT2D eigenvalue weighted by Crippen LogP contribution is -2.23. The van der Waals surface area contributed by atoms with Gasteiger partial charge in [0.1, 0.15) is 18.0 Å². The Hall–Kier alpha value is -3.26. The van der Waals surface area contributed by atoms with Gasteiger partial charge in [0.15, 0.2) is 5.96 Å². The van der Waals surface area contributed by atoms with Crippen molar-refractivity contribution >= 4 is 23.2 Å². The van der Waals surface area contributed by atoms with Crippen LogP contribution in [0.25, 0.3) is 11.4 Å². The topological polar surface area (TPSA) is 108 Å². The molecule has 27 heavy (non-hydrogen) atoms. The maximum absolute atomic E-state index is 5.98. The Balaban J connectivity index is 1.70. The van der Waals surface area contributed by atoms with E-state index in [1.165, 1.54) is 0 Å². The van der Waals surface area contributed by atoms with Crippen LogP contribution in [-0.2, 0) is 6.54 Å². The summed E-state index contributed by atoms with van der Waals surface area (Å²) in [6, 6.07) is 12.5. The average molecular weight is 388 g/mol. The normalized spacial score (nSPS) is 11.3. The lowest BCUT2D eigenvalue weighted by atomic mass is 10.2. The van der Waals surface area contributed by atoms with Gasteiger partial charge in [-0.25, -0.2) is 4.99 Å². The van der Waals surface area contributed by atoms with Crippen molar-refractivity contribution in [2.24, 2.45) is 10.7 Å². The van der Waals surface area contributed by atoms with Crippen LogP contribution >= 0.6 is 11.6 Å². The monoisotopic (exact) mass is 387 g/mol. The molecule has 3 N–H and O–H groups in total. The molecule has 0 radical (unpaired) electrons. The molecule has 0 bridgehead atoms. The van der Waals surface area contributed by atoms with Crippen LogP contribution in [-0.4, -0.2) is 30.3 Å². The van der Waals surface area contributed by atoms with E-state index in [0.717, 1.165) is 5.56 Å². The van der Waals surface area contributed by atoms with E-state index in [1.54, 1.807) is 44.6 Å².